The number of ether oxygens (including phenoxy) is 1. The molecule has 0 aliphatic rings. The summed E-state index contributed by atoms with van der Waals surface area (Å²) < 4.78 is 19.7. The van der Waals surface area contributed by atoms with Gasteiger partial charge < -0.3 is 15.7 Å². The van der Waals surface area contributed by atoms with Gasteiger partial charge in [-0.1, -0.05) is 21.1 Å². The van der Waals surface area contributed by atoms with Crippen LogP contribution in [0.4, 0.5) is 4.39 Å². The number of rotatable bonds is 3. The number of halogens is 2. The van der Waals surface area contributed by atoms with E-state index in [4.69, 9.17) is 15.7 Å². The van der Waals surface area contributed by atoms with Crippen molar-refractivity contribution in [3.8, 4) is 11.5 Å². The molecule has 0 aliphatic carbocycles. The van der Waals surface area contributed by atoms with E-state index in [1.165, 1.54) is 30.6 Å². The minimum absolute atomic E-state index is 0.00867. The number of aromatic nitrogens is 1. The highest BCUT2D eigenvalue weighted by Crippen LogP contribution is 2.29. The SMILES string of the molecule is N/C(=N/O)c1ccncc1Oc1cc(Br)ccc1F. The molecule has 0 radical (unpaired) electrons. The normalized spacial score (nSPS) is 11.4. The molecule has 1 aromatic heterocycles. The predicted octanol–water partition coefficient (Wildman–Crippen LogP) is 2.87. The van der Waals surface area contributed by atoms with Crippen LogP contribution in [0.1, 0.15) is 5.56 Å². The van der Waals surface area contributed by atoms with E-state index in [1.54, 1.807) is 6.07 Å². The Bertz CT molecular complexity index is 634. The molecule has 0 fully saturated rings. The fourth-order valence-electron chi connectivity index (χ4n) is 1.40. The second-order valence-corrected chi connectivity index (χ2v) is 4.45. The lowest BCUT2D eigenvalue weighted by Crippen LogP contribution is -2.14. The monoisotopic (exact) mass is 325 g/mol. The Hall–Kier alpha value is -2.15. The van der Waals surface area contributed by atoms with Crippen LogP contribution in [0.2, 0.25) is 0 Å². The number of hydrogen-bond donors (Lipinski definition) is 2. The summed E-state index contributed by atoms with van der Waals surface area (Å²) in [4.78, 5) is 3.86. The minimum atomic E-state index is -0.530. The van der Waals surface area contributed by atoms with Crippen LogP contribution in [-0.4, -0.2) is 16.0 Å². The maximum absolute atomic E-state index is 13.6. The molecule has 0 unspecified atom stereocenters. The molecule has 1 heterocycles. The van der Waals surface area contributed by atoms with Crippen LogP contribution in [0.5, 0.6) is 11.5 Å². The maximum atomic E-state index is 13.6. The summed E-state index contributed by atoms with van der Waals surface area (Å²) >= 11 is 3.22. The summed E-state index contributed by atoms with van der Waals surface area (Å²) in [6.45, 7) is 0. The largest absolute Gasteiger partial charge is 0.452 e. The summed E-state index contributed by atoms with van der Waals surface area (Å²) in [5.74, 6) is -0.477. The number of nitrogens with two attached hydrogens (primary N) is 1. The third-order valence-corrected chi connectivity index (χ3v) is 2.77. The zero-order chi connectivity index (χ0) is 13.8. The van der Waals surface area contributed by atoms with Gasteiger partial charge in [0.1, 0.15) is 0 Å². The van der Waals surface area contributed by atoms with Gasteiger partial charge in [0.05, 0.1) is 11.8 Å². The van der Waals surface area contributed by atoms with Crippen LogP contribution in [0.3, 0.4) is 0 Å². The van der Waals surface area contributed by atoms with Crippen molar-refractivity contribution in [1.29, 1.82) is 0 Å². The van der Waals surface area contributed by atoms with Crippen molar-refractivity contribution in [1.82, 2.24) is 4.98 Å². The first-order valence-corrected chi connectivity index (χ1v) is 5.96. The molecule has 0 atom stereocenters. The smallest absolute Gasteiger partial charge is 0.173 e. The van der Waals surface area contributed by atoms with E-state index < -0.39 is 5.82 Å². The fraction of sp³-hybridized carbons (Fsp3) is 0. The molecular formula is C12H9BrFN3O2. The lowest BCUT2D eigenvalue weighted by Gasteiger charge is -2.10. The van der Waals surface area contributed by atoms with Crippen molar-refractivity contribution in [3.63, 3.8) is 0 Å². The molecule has 0 spiro atoms. The Labute approximate surface area is 116 Å². The van der Waals surface area contributed by atoms with Crippen LogP contribution in [0, 0.1) is 5.82 Å². The molecule has 98 valence electrons. The van der Waals surface area contributed by atoms with Crippen molar-refractivity contribution >= 4 is 21.8 Å². The highest BCUT2D eigenvalue weighted by molar-refractivity contribution is 9.10. The van der Waals surface area contributed by atoms with Gasteiger partial charge in [0.15, 0.2) is 23.2 Å². The molecular weight excluding hydrogens is 317 g/mol. The van der Waals surface area contributed by atoms with Crippen molar-refractivity contribution in [2.45, 2.75) is 0 Å². The van der Waals surface area contributed by atoms with Crippen molar-refractivity contribution in [2.75, 3.05) is 0 Å². The van der Waals surface area contributed by atoms with Crippen LogP contribution in [0.15, 0.2) is 46.3 Å². The quantitative estimate of drug-likeness (QED) is 0.393. The molecule has 0 saturated carbocycles. The van der Waals surface area contributed by atoms with Gasteiger partial charge in [-0.3, -0.25) is 4.98 Å². The molecule has 0 saturated heterocycles. The van der Waals surface area contributed by atoms with Crippen molar-refractivity contribution in [2.24, 2.45) is 10.9 Å². The maximum Gasteiger partial charge on any atom is 0.173 e. The van der Waals surface area contributed by atoms with E-state index in [0.29, 0.717) is 10.0 Å². The fourth-order valence-corrected chi connectivity index (χ4v) is 1.74. The summed E-state index contributed by atoms with van der Waals surface area (Å²) in [7, 11) is 0. The molecule has 3 N–H and O–H groups in total. The van der Waals surface area contributed by atoms with Crippen LogP contribution >= 0.6 is 15.9 Å². The molecule has 0 aliphatic heterocycles. The van der Waals surface area contributed by atoms with E-state index in [9.17, 15) is 4.39 Å². The summed E-state index contributed by atoms with van der Waals surface area (Å²) in [6.07, 6.45) is 2.81. The van der Waals surface area contributed by atoms with E-state index in [-0.39, 0.29) is 17.3 Å². The van der Waals surface area contributed by atoms with Gasteiger partial charge in [0.25, 0.3) is 0 Å². The first-order valence-electron chi connectivity index (χ1n) is 5.16. The van der Waals surface area contributed by atoms with Gasteiger partial charge in [-0.05, 0) is 24.3 Å². The third-order valence-electron chi connectivity index (χ3n) is 2.28. The van der Waals surface area contributed by atoms with Gasteiger partial charge in [-0.2, -0.15) is 0 Å². The highest BCUT2D eigenvalue weighted by Gasteiger charge is 2.12. The van der Waals surface area contributed by atoms with Crippen molar-refractivity contribution in [3.05, 3.63) is 52.5 Å². The van der Waals surface area contributed by atoms with Gasteiger partial charge in [0, 0.05) is 10.7 Å². The Morgan fingerprint density at radius 2 is 2.16 bits per heavy atom. The zero-order valence-electron chi connectivity index (χ0n) is 9.55. The van der Waals surface area contributed by atoms with Crippen molar-refractivity contribution < 1.29 is 14.3 Å². The number of amidine groups is 1. The first kappa shape index (κ1) is 13.3. The van der Waals surface area contributed by atoms with Gasteiger partial charge >= 0.3 is 0 Å². The second-order valence-electron chi connectivity index (χ2n) is 3.53. The number of benzene rings is 1. The standard InChI is InChI=1S/C12H9BrFN3O2/c13-7-1-2-9(14)10(5-7)19-11-6-16-4-3-8(11)12(15)17-18/h1-6,18H,(H2,15,17). The van der Waals surface area contributed by atoms with E-state index in [2.05, 4.69) is 26.1 Å². The minimum Gasteiger partial charge on any atom is -0.452 e. The Morgan fingerprint density at radius 1 is 1.37 bits per heavy atom. The lowest BCUT2D eigenvalue weighted by molar-refractivity contribution is 0.318. The van der Waals surface area contributed by atoms with Crippen LogP contribution in [0.25, 0.3) is 0 Å². The van der Waals surface area contributed by atoms with Crippen LogP contribution in [-0.2, 0) is 0 Å². The third kappa shape index (κ3) is 3.00. The molecule has 2 rings (SSSR count). The Morgan fingerprint density at radius 3 is 2.89 bits per heavy atom. The Balaban J connectivity index is 2.41. The Kier molecular flexibility index (Phi) is 3.96. The number of pyridine rings is 1. The van der Waals surface area contributed by atoms with Gasteiger partial charge in [-0.25, -0.2) is 4.39 Å². The average Bonchev–Trinajstić information content (AvgIpc) is 2.42. The number of nitrogens with zero attached hydrogens (tertiary/aromatic N) is 2. The van der Waals surface area contributed by atoms with E-state index in [0.717, 1.165) is 0 Å². The average molecular weight is 326 g/mol. The second kappa shape index (κ2) is 5.66. The first-order chi connectivity index (χ1) is 9.11. The molecule has 19 heavy (non-hydrogen) atoms. The van der Waals surface area contributed by atoms with Gasteiger partial charge in [0.2, 0.25) is 0 Å². The predicted molar refractivity (Wildman–Crippen MR) is 70.9 cm³/mol. The molecule has 0 bridgehead atoms. The zero-order valence-corrected chi connectivity index (χ0v) is 11.1. The molecule has 2 aromatic rings. The lowest BCUT2D eigenvalue weighted by atomic mass is 10.2. The summed E-state index contributed by atoms with van der Waals surface area (Å²) in [5, 5.41) is 11.6. The van der Waals surface area contributed by atoms with E-state index >= 15 is 0 Å². The topological polar surface area (TPSA) is 80.7 Å². The molecule has 1 aromatic carbocycles. The number of hydrogen-bond acceptors (Lipinski definition) is 4. The molecule has 7 heteroatoms. The van der Waals surface area contributed by atoms with E-state index in [1.807, 2.05) is 0 Å². The van der Waals surface area contributed by atoms with Gasteiger partial charge in [-0.15, -0.1) is 0 Å². The molecule has 5 nitrogen and oxygen atoms in total. The number of oxime groups is 1. The summed E-state index contributed by atoms with van der Waals surface area (Å²) in [6, 6.07) is 5.79. The summed E-state index contributed by atoms with van der Waals surface area (Å²) in [5.41, 5.74) is 5.82. The highest BCUT2D eigenvalue weighted by atomic mass is 79.9. The van der Waals surface area contributed by atoms with Crippen LogP contribution < -0.4 is 10.5 Å². The molecule has 0 amide bonds.